The van der Waals surface area contributed by atoms with Gasteiger partial charge in [-0.15, -0.1) is 0 Å². The van der Waals surface area contributed by atoms with Crippen molar-refractivity contribution in [2.45, 2.75) is 24.4 Å². The van der Waals surface area contributed by atoms with E-state index in [9.17, 15) is 13.2 Å². The third-order valence-corrected chi connectivity index (χ3v) is 7.10. The van der Waals surface area contributed by atoms with Gasteiger partial charge in [0, 0.05) is 30.1 Å². The normalized spacial score (nSPS) is 12.2. The second-order valence-corrected chi connectivity index (χ2v) is 10.7. The van der Waals surface area contributed by atoms with E-state index in [2.05, 4.69) is 22.2 Å². The molecule has 1 heterocycles. The van der Waals surface area contributed by atoms with Gasteiger partial charge in [-0.25, -0.2) is 13.4 Å². The number of allylic oxidation sites excluding steroid dienone is 1. The van der Waals surface area contributed by atoms with E-state index >= 15 is 0 Å². The van der Waals surface area contributed by atoms with Gasteiger partial charge in [0.25, 0.3) is 0 Å². The zero-order chi connectivity index (χ0) is 25.9. The number of benzene rings is 3. The molecule has 184 valence electrons. The number of nitrogen functional groups attached to an aromatic ring is 1. The summed E-state index contributed by atoms with van der Waals surface area (Å²) < 4.78 is 24.4. The number of carbonyl (C=O) groups is 1. The maximum Gasteiger partial charge on any atom is 0.247 e. The van der Waals surface area contributed by atoms with Gasteiger partial charge in [0.2, 0.25) is 5.91 Å². The molecule has 1 unspecified atom stereocenters. The van der Waals surface area contributed by atoms with Crippen molar-refractivity contribution in [2.75, 3.05) is 17.3 Å². The average molecular weight is 501 g/mol. The predicted octanol–water partition coefficient (Wildman–Crippen LogP) is 4.72. The minimum Gasteiger partial charge on any atom is -0.383 e. The van der Waals surface area contributed by atoms with E-state index in [1.165, 1.54) is 0 Å². The summed E-state index contributed by atoms with van der Waals surface area (Å²) in [5, 5.41) is 7.96. The molecule has 8 heteroatoms. The summed E-state index contributed by atoms with van der Waals surface area (Å²) in [6.07, 6.45) is 2.80. The lowest BCUT2D eigenvalue weighted by Crippen LogP contribution is -2.33. The third kappa shape index (κ3) is 5.55. The second-order valence-electron chi connectivity index (χ2n) is 8.71. The topological polar surface area (TPSA) is 114 Å². The number of rotatable bonds is 8. The highest BCUT2D eigenvalue weighted by molar-refractivity contribution is 7.90. The highest BCUT2D eigenvalue weighted by Gasteiger charge is 2.22. The van der Waals surface area contributed by atoms with Crippen molar-refractivity contribution in [3.8, 4) is 0 Å². The number of fused-ring (bicyclic) bond motifs is 1. The lowest BCUT2D eigenvalue weighted by atomic mass is 9.99. The molecule has 0 aliphatic heterocycles. The Morgan fingerprint density at radius 3 is 2.58 bits per heavy atom. The van der Waals surface area contributed by atoms with E-state index in [0.29, 0.717) is 11.4 Å². The second kappa shape index (κ2) is 10.2. The number of hydrogen-bond acceptors (Lipinski definition) is 6. The molecule has 0 saturated carbocycles. The van der Waals surface area contributed by atoms with Crippen LogP contribution in [0.3, 0.4) is 0 Å². The van der Waals surface area contributed by atoms with Gasteiger partial charge in [-0.05, 0) is 65.4 Å². The molecular formula is C28H28N4O3S. The molecule has 1 amide bonds. The van der Waals surface area contributed by atoms with E-state index in [-0.39, 0.29) is 17.3 Å². The van der Waals surface area contributed by atoms with Crippen molar-refractivity contribution in [3.05, 3.63) is 102 Å². The molecule has 0 aliphatic rings. The largest absolute Gasteiger partial charge is 0.383 e. The first-order valence-electron chi connectivity index (χ1n) is 11.4. The number of nitrogens with one attached hydrogen (secondary N) is 2. The van der Waals surface area contributed by atoms with E-state index in [1.54, 1.807) is 30.5 Å². The summed E-state index contributed by atoms with van der Waals surface area (Å²) in [5.74, 6) is 0.138. The van der Waals surface area contributed by atoms with Crippen molar-refractivity contribution in [1.82, 2.24) is 10.3 Å². The van der Waals surface area contributed by atoms with Crippen LogP contribution in [-0.2, 0) is 21.2 Å². The van der Waals surface area contributed by atoms with Crippen molar-refractivity contribution < 1.29 is 13.2 Å². The molecule has 4 rings (SSSR count). The molecule has 7 nitrogen and oxygen atoms in total. The Bertz CT molecular complexity index is 1560. The van der Waals surface area contributed by atoms with Crippen molar-refractivity contribution in [2.24, 2.45) is 0 Å². The Labute approximate surface area is 211 Å². The number of carbonyl (C=O) groups excluding carboxylic acids is 1. The molecule has 0 spiro atoms. The Balaban J connectivity index is 1.66. The molecule has 0 fully saturated rings. The average Bonchev–Trinajstić information content (AvgIpc) is 2.85. The minimum absolute atomic E-state index is 0.0698. The van der Waals surface area contributed by atoms with Crippen LogP contribution in [0.15, 0.2) is 90.5 Å². The van der Waals surface area contributed by atoms with Crippen LogP contribution < -0.4 is 16.4 Å². The van der Waals surface area contributed by atoms with Gasteiger partial charge in [-0.3, -0.25) is 4.79 Å². The minimum atomic E-state index is -3.43. The van der Waals surface area contributed by atoms with Crippen LogP contribution in [0.2, 0.25) is 0 Å². The van der Waals surface area contributed by atoms with Gasteiger partial charge in [0.05, 0.1) is 4.90 Å². The summed E-state index contributed by atoms with van der Waals surface area (Å²) in [6.45, 7) is 5.99. The number of amides is 1. The summed E-state index contributed by atoms with van der Waals surface area (Å²) in [6, 6.07) is 21.0. The Kier molecular flexibility index (Phi) is 7.07. The third-order valence-electron chi connectivity index (χ3n) is 5.91. The van der Waals surface area contributed by atoms with Crippen LogP contribution in [-0.4, -0.2) is 25.6 Å². The molecule has 0 saturated heterocycles. The maximum atomic E-state index is 13.5. The van der Waals surface area contributed by atoms with Gasteiger partial charge >= 0.3 is 0 Å². The molecule has 0 aliphatic carbocycles. The van der Waals surface area contributed by atoms with Gasteiger partial charge in [-0.1, -0.05) is 48.6 Å². The standard InChI is InChI=1S/C28H28N4O3S/c1-18(2)19-8-6-9-21(15-19)26(32-23-11-12-24-20(16-23)13-14-30-27(24)29)28(33)31-17-22-7-4-5-10-25(22)36(3,34)35/h4-16,26,32H,1,17H2,2-3H3,(H2,29,30)(H,31,33). The van der Waals surface area contributed by atoms with Crippen LogP contribution in [0.25, 0.3) is 16.3 Å². The number of nitrogens with zero attached hydrogens (tertiary/aromatic N) is 1. The van der Waals surface area contributed by atoms with E-state index in [1.807, 2.05) is 55.5 Å². The Morgan fingerprint density at radius 2 is 1.83 bits per heavy atom. The fourth-order valence-corrected chi connectivity index (χ4v) is 4.98. The molecule has 4 N–H and O–H groups in total. The SMILES string of the molecule is C=C(C)c1cccc(C(Nc2ccc3c(N)nccc3c2)C(=O)NCc2ccccc2S(C)(=O)=O)c1. The number of sulfone groups is 1. The molecule has 0 radical (unpaired) electrons. The van der Waals surface area contributed by atoms with Crippen LogP contribution >= 0.6 is 0 Å². The summed E-state index contributed by atoms with van der Waals surface area (Å²) in [7, 11) is -3.43. The zero-order valence-electron chi connectivity index (χ0n) is 20.2. The van der Waals surface area contributed by atoms with E-state index < -0.39 is 15.9 Å². The molecule has 4 aromatic rings. The van der Waals surface area contributed by atoms with Crippen molar-refractivity contribution in [1.29, 1.82) is 0 Å². The maximum absolute atomic E-state index is 13.5. The molecule has 3 aromatic carbocycles. The van der Waals surface area contributed by atoms with Crippen LogP contribution in [0.1, 0.15) is 29.7 Å². The monoisotopic (exact) mass is 500 g/mol. The first kappa shape index (κ1) is 24.9. The van der Waals surface area contributed by atoms with Crippen LogP contribution in [0.5, 0.6) is 0 Å². The molecule has 1 atom stereocenters. The highest BCUT2D eigenvalue weighted by atomic mass is 32.2. The van der Waals surface area contributed by atoms with Crippen LogP contribution in [0.4, 0.5) is 11.5 Å². The summed E-state index contributed by atoms with van der Waals surface area (Å²) in [5.41, 5.74) is 9.79. The first-order chi connectivity index (χ1) is 17.1. The van der Waals surface area contributed by atoms with Crippen LogP contribution in [0, 0.1) is 0 Å². The van der Waals surface area contributed by atoms with Gasteiger partial charge < -0.3 is 16.4 Å². The molecular weight excluding hydrogens is 472 g/mol. The smallest absolute Gasteiger partial charge is 0.247 e. The number of anilines is 2. The zero-order valence-corrected chi connectivity index (χ0v) is 21.0. The Morgan fingerprint density at radius 1 is 1.06 bits per heavy atom. The predicted molar refractivity (Wildman–Crippen MR) is 145 cm³/mol. The number of nitrogens with two attached hydrogens (primary N) is 1. The fraction of sp³-hybridized carbons (Fsp3) is 0.143. The number of pyridine rings is 1. The van der Waals surface area contributed by atoms with Crippen molar-refractivity contribution >= 4 is 43.6 Å². The fourth-order valence-electron chi connectivity index (χ4n) is 4.04. The summed E-state index contributed by atoms with van der Waals surface area (Å²) in [4.78, 5) is 17.8. The number of aromatic nitrogens is 1. The highest BCUT2D eigenvalue weighted by Crippen LogP contribution is 2.27. The van der Waals surface area contributed by atoms with Crippen molar-refractivity contribution in [3.63, 3.8) is 0 Å². The van der Waals surface area contributed by atoms with E-state index in [0.717, 1.165) is 39.4 Å². The molecule has 1 aromatic heterocycles. The van der Waals surface area contributed by atoms with E-state index in [4.69, 9.17) is 5.73 Å². The summed E-state index contributed by atoms with van der Waals surface area (Å²) >= 11 is 0. The first-order valence-corrected chi connectivity index (χ1v) is 13.2. The number of hydrogen-bond donors (Lipinski definition) is 3. The molecule has 36 heavy (non-hydrogen) atoms. The van der Waals surface area contributed by atoms with Gasteiger partial charge in [-0.2, -0.15) is 0 Å². The molecule has 0 bridgehead atoms. The lowest BCUT2D eigenvalue weighted by molar-refractivity contribution is -0.122. The van der Waals surface area contributed by atoms with Gasteiger partial charge in [0.15, 0.2) is 9.84 Å². The van der Waals surface area contributed by atoms with Gasteiger partial charge in [0.1, 0.15) is 11.9 Å². The lowest BCUT2D eigenvalue weighted by Gasteiger charge is -2.21. The Hall–Kier alpha value is -4.17. The quantitative estimate of drug-likeness (QED) is 0.322.